The molecule has 2 rings (SSSR count). The Bertz CT molecular complexity index is 396. The first-order valence-corrected chi connectivity index (χ1v) is 6.10. The molecule has 16 heavy (non-hydrogen) atoms. The Kier molecular flexibility index (Phi) is 3.24. The maximum atomic E-state index is 11.1. The van der Waals surface area contributed by atoms with Crippen molar-refractivity contribution in [1.82, 2.24) is 4.57 Å². The second kappa shape index (κ2) is 4.50. The first-order valence-electron chi connectivity index (χ1n) is 5.72. The fourth-order valence-corrected chi connectivity index (χ4v) is 2.34. The summed E-state index contributed by atoms with van der Waals surface area (Å²) in [5.74, 6) is -0.117. The summed E-state index contributed by atoms with van der Waals surface area (Å²) in [5, 5.41) is 9.60. The Morgan fingerprint density at radius 3 is 2.88 bits per heavy atom. The minimum Gasteiger partial charge on any atom is -0.477 e. The molecule has 1 atom stereocenters. The summed E-state index contributed by atoms with van der Waals surface area (Å²) in [6, 6.07) is 1.80. The van der Waals surface area contributed by atoms with Crippen LogP contribution in [-0.2, 0) is 0 Å². The Morgan fingerprint density at radius 2 is 2.38 bits per heavy atom. The van der Waals surface area contributed by atoms with E-state index >= 15 is 0 Å². The van der Waals surface area contributed by atoms with Crippen LogP contribution in [-0.4, -0.2) is 15.6 Å². The molecule has 1 heterocycles. The molecule has 1 aromatic heterocycles. The van der Waals surface area contributed by atoms with E-state index in [1.807, 2.05) is 4.57 Å². The average Bonchev–Trinajstić information content (AvgIpc) is 2.96. The third-order valence-corrected chi connectivity index (χ3v) is 3.41. The Hall–Kier alpha value is -0.960. The minimum atomic E-state index is -0.902. The highest BCUT2D eigenvalue weighted by Crippen LogP contribution is 2.38. The third-order valence-electron chi connectivity index (χ3n) is 3.20. The smallest absolute Gasteiger partial charge is 0.352 e. The normalized spacial score (nSPS) is 17.4. The molecule has 1 N–H and O–H groups in total. The highest BCUT2D eigenvalue weighted by atomic mass is 35.5. The summed E-state index contributed by atoms with van der Waals surface area (Å²) in [7, 11) is 0. The van der Waals surface area contributed by atoms with Crippen LogP contribution in [0.5, 0.6) is 0 Å². The van der Waals surface area contributed by atoms with E-state index in [4.69, 9.17) is 16.7 Å². The third kappa shape index (κ3) is 2.40. The number of hydrogen-bond acceptors (Lipinski definition) is 1. The Labute approximate surface area is 100 Å². The summed E-state index contributed by atoms with van der Waals surface area (Å²) in [4.78, 5) is 11.1. The number of carbonyl (C=O) groups is 1. The fraction of sp³-hybridized carbons (Fsp3) is 0.583. The number of aromatic carboxylic acids is 1. The van der Waals surface area contributed by atoms with Crippen LogP contribution in [0.2, 0.25) is 5.02 Å². The monoisotopic (exact) mass is 241 g/mol. The number of aromatic nitrogens is 1. The molecule has 0 amide bonds. The van der Waals surface area contributed by atoms with E-state index in [1.165, 1.54) is 18.9 Å². The first-order chi connectivity index (χ1) is 7.61. The van der Waals surface area contributed by atoms with Gasteiger partial charge in [0.25, 0.3) is 0 Å². The lowest BCUT2D eigenvalue weighted by atomic mass is 10.1. The number of rotatable bonds is 5. The fourth-order valence-electron chi connectivity index (χ4n) is 2.13. The van der Waals surface area contributed by atoms with Crippen molar-refractivity contribution >= 4 is 17.6 Å². The number of carboxylic acid groups (broad SMARTS) is 1. The van der Waals surface area contributed by atoms with Crippen LogP contribution in [0.1, 0.15) is 49.1 Å². The first kappa shape index (κ1) is 11.5. The van der Waals surface area contributed by atoms with E-state index in [2.05, 4.69) is 6.92 Å². The Balaban J connectivity index is 2.24. The van der Waals surface area contributed by atoms with Crippen LogP contribution in [0, 0.1) is 5.92 Å². The van der Waals surface area contributed by atoms with Crippen molar-refractivity contribution in [2.75, 3.05) is 0 Å². The minimum absolute atomic E-state index is 0.270. The molecule has 1 aliphatic carbocycles. The quantitative estimate of drug-likeness (QED) is 0.856. The molecule has 0 saturated heterocycles. The predicted octanol–water partition coefficient (Wildman–Crippen LogP) is 3.59. The highest BCUT2D eigenvalue weighted by molar-refractivity contribution is 6.30. The van der Waals surface area contributed by atoms with Gasteiger partial charge in [-0.3, -0.25) is 0 Å². The maximum Gasteiger partial charge on any atom is 0.352 e. The molecule has 4 heteroatoms. The molecule has 88 valence electrons. The second-order valence-corrected chi connectivity index (χ2v) is 4.93. The van der Waals surface area contributed by atoms with Crippen LogP contribution in [0.3, 0.4) is 0 Å². The van der Waals surface area contributed by atoms with Crippen molar-refractivity contribution in [2.24, 2.45) is 5.92 Å². The van der Waals surface area contributed by atoms with Crippen molar-refractivity contribution in [3.05, 3.63) is 23.0 Å². The van der Waals surface area contributed by atoms with Crippen LogP contribution in [0.4, 0.5) is 0 Å². The average molecular weight is 242 g/mol. The van der Waals surface area contributed by atoms with Crippen LogP contribution >= 0.6 is 11.6 Å². The van der Waals surface area contributed by atoms with E-state index in [0.29, 0.717) is 10.7 Å². The molecule has 1 unspecified atom stereocenters. The number of halogens is 1. The molecule has 0 spiro atoms. The van der Waals surface area contributed by atoms with E-state index in [1.54, 1.807) is 6.20 Å². The molecule has 0 radical (unpaired) electrons. The Morgan fingerprint density at radius 1 is 1.69 bits per heavy atom. The zero-order valence-electron chi connectivity index (χ0n) is 9.32. The number of nitrogens with zero attached hydrogens (tertiary/aromatic N) is 1. The van der Waals surface area contributed by atoms with E-state index in [-0.39, 0.29) is 6.04 Å². The second-order valence-electron chi connectivity index (χ2n) is 4.50. The number of carboxylic acids is 1. The van der Waals surface area contributed by atoms with Gasteiger partial charge in [-0.1, -0.05) is 31.4 Å². The standard InChI is InChI=1S/C12H16ClNO2/c1-2-10(5-8-3-4-8)14-7-9(13)6-11(14)12(15)16/h6-8,10H,2-5H2,1H3,(H,15,16). The van der Waals surface area contributed by atoms with Gasteiger partial charge < -0.3 is 9.67 Å². The van der Waals surface area contributed by atoms with Gasteiger partial charge in [0.15, 0.2) is 0 Å². The number of hydrogen-bond donors (Lipinski definition) is 1. The predicted molar refractivity (Wildman–Crippen MR) is 63.1 cm³/mol. The summed E-state index contributed by atoms with van der Waals surface area (Å²) in [6.07, 6.45) is 6.33. The lowest BCUT2D eigenvalue weighted by Crippen LogP contribution is -2.14. The molecule has 1 aromatic rings. The molecule has 1 saturated carbocycles. The van der Waals surface area contributed by atoms with E-state index in [0.717, 1.165) is 18.8 Å². The molecular formula is C12H16ClNO2. The van der Waals surface area contributed by atoms with Gasteiger partial charge in [0, 0.05) is 12.2 Å². The van der Waals surface area contributed by atoms with Gasteiger partial charge >= 0.3 is 5.97 Å². The molecule has 1 fully saturated rings. The SMILES string of the molecule is CCC(CC1CC1)n1cc(Cl)cc1C(=O)O. The maximum absolute atomic E-state index is 11.1. The lowest BCUT2D eigenvalue weighted by molar-refractivity contribution is 0.0681. The van der Waals surface area contributed by atoms with Gasteiger partial charge in [0.2, 0.25) is 0 Å². The summed E-state index contributed by atoms with van der Waals surface area (Å²) >= 11 is 5.88. The molecule has 0 aromatic carbocycles. The topological polar surface area (TPSA) is 42.2 Å². The molecule has 0 bridgehead atoms. The summed E-state index contributed by atoms with van der Waals surface area (Å²) < 4.78 is 1.82. The van der Waals surface area contributed by atoms with Crippen LogP contribution in [0.25, 0.3) is 0 Å². The van der Waals surface area contributed by atoms with Crippen molar-refractivity contribution in [3.8, 4) is 0 Å². The van der Waals surface area contributed by atoms with Crippen molar-refractivity contribution < 1.29 is 9.90 Å². The molecular weight excluding hydrogens is 226 g/mol. The summed E-state index contributed by atoms with van der Waals surface area (Å²) in [5.41, 5.74) is 0.303. The van der Waals surface area contributed by atoms with Gasteiger partial charge in [0.1, 0.15) is 5.69 Å². The molecule has 0 aliphatic heterocycles. The van der Waals surface area contributed by atoms with Gasteiger partial charge in [0.05, 0.1) is 5.02 Å². The van der Waals surface area contributed by atoms with Gasteiger partial charge in [-0.25, -0.2) is 4.79 Å². The highest BCUT2D eigenvalue weighted by Gasteiger charge is 2.27. The largest absolute Gasteiger partial charge is 0.477 e. The van der Waals surface area contributed by atoms with Gasteiger partial charge in [-0.2, -0.15) is 0 Å². The van der Waals surface area contributed by atoms with Crippen LogP contribution in [0.15, 0.2) is 12.3 Å². The van der Waals surface area contributed by atoms with E-state index in [9.17, 15) is 4.79 Å². The molecule has 3 nitrogen and oxygen atoms in total. The van der Waals surface area contributed by atoms with E-state index < -0.39 is 5.97 Å². The zero-order chi connectivity index (χ0) is 11.7. The lowest BCUT2D eigenvalue weighted by Gasteiger charge is -2.18. The van der Waals surface area contributed by atoms with Gasteiger partial charge in [-0.05, 0) is 24.8 Å². The van der Waals surface area contributed by atoms with Crippen molar-refractivity contribution in [1.29, 1.82) is 0 Å². The molecule has 1 aliphatic rings. The van der Waals surface area contributed by atoms with Crippen molar-refractivity contribution in [2.45, 2.75) is 38.6 Å². The zero-order valence-corrected chi connectivity index (χ0v) is 10.1. The van der Waals surface area contributed by atoms with Crippen LogP contribution < -0.4 is 0 Å². The van der Waals surface area contributed by atoms with Gasteiger partial charge in [-0.15, -0.1) is 0 Å². The summed E-state index contributed by atoms with van der Waals surface area (Å²) in [6.45, 7) is 2.09. The van der Waals surface area contributed by atoms with Crippen molar-refractivity contribution in [3.63, 3.8) is 0 Å².